The summed E-state index contributed by atoms with van der Waals surface area (Å²) < 4.78 is 10.7. The molecule has 39 heavy (non-hydrogen) atoms. The molecule has 2 aromatic rings. The van der Waals surface area contributed by atoms with E-state index >= 15 is 0 Å². The number of benzene rings is 1. The van der Waals surface area contributed by atoms with Crippen molar-refractivity contribution in [1.82, 2.24) is 9.88 Å². The molecule has 8 heteroatoms. The number of piperidine rings is 1. The lowest BCUT2D eigenvalue weighted by molar-refractivity contribution is -0.130. The van der Waals surface area contributed by atoms with Crippen LogP contribution in [0.3, 0.4) is 0 Å². The number of hydrogen-bond donors (Lipinski definition) is 2. The first-order chi connectivity index (χ1) is 18.8. The molecule has 1 fully saturated rings. The van der Waals surface area contributed by atoms with Crippen molar-refractivity contribution in [2.45, 2.75) is 40.0 Å². The number of likely N-dealkylation sites (tertiary alicyclic amines) is 1. The van der Waals surface area contributed by atoms with E-state index in [9.17, 15) is 14.4 Å². The van der Waals surface area contributed by atoms with Crippen LogP contribution in [0.2, 0.25) is 0 Å². The molecule has 8 nitrogen and oxygen atoms in total. The number of Topliss-reactive ketones (excluding diaryl/α,β-unsaturated/α-hetero) is 1. The maximum absolute atomic E-state index is 11.7. The number of ketones is 1. The average Bonchev–Trinajstić information content (AvgIpc) is 3.40. The highest BCUT2D eigenvalue weighted by molar-refractivity contribution is 5.95. The maximum atomic E-state index is 11.7. The molecule has 1 aliphatic rings. The predicted octanol–water partition coefficient (Wildman–Crippen LogP) is 3.49. The standard InChI is InChI=1S/C16H15NO3.C15H21NO3/c18-12-17-10-8-14(9-11-17)15(6-7-16(19)20)13-4-2-1-3-5-13;1-6-7-8-13(19-5)14-12(10(2)17)9-16-15(14)11(3)18-4/h1-5,12H,8-11H2,(H,19,20);7-9,16H,6H2,1-5H3/b;8-7+,14-13+,15-11-. The van der Waals surface area contributed by atoms with Gasteiger partial charge in [0.25, 0.3) is 0 Å². The van der Waals surface area contributed by atoms with E-state index in [0.29, 0.717) is 30.2 Å². The minimum absolute atomic E-state index is 0.0131. The smallest absolute Gasteiger partial charge is 0.382 e. The van der Waals surface area contributed by atoms with E-state index in [0.717, 1.165) is 52.9 Å². The Morgan fingerprint density at radius 2 is 1.74 bits per heavy atom. The van der Waals surface area contributed by atoms with E-state index in [1.165, 1.54) is 6.92 Å². The number of allylic oxidation sites excluding steroid dienone is 2. The normalized spacial score (nSPS) is 14.3. The van der Waals surface area contributed by atoms with Crippen molar-refractivity contribution in [1.29, 1.82) is 0 Å². The molecule has 1 aromatic carbocycles. The highest BCUT2D eigenvalue weighted by Gasteiger charge is 2.16. The van der Waals surface area contributed by atoms with Gasteiger partial charge in [-0.05, 0) is 44.7 Å². The number of aromatic nitrogens is 1. The van der Waals surface area contributed by atoms with Crippen LogP contribution in [0.1, 0.15) is 56.0 Å². The number of rotatable bonds is 7. The number of nitrogens with zero attached hydrogens (tertiary/aromatic N) is 1. The first-order valence-corrected chi connectivity index (χ1v) is 12.7. The zero-order chi connectivity index (χ0) is 28.8. The van der Waals surface area contributed by atoms with E-state index in [1.54, 1.807) is 25.3 Å². The minimum Gasteiger partial charge on any atom is -0.499 e. The molecule has 206 valence electrons. The summed E-state index contributed by atoms with van der Waals surface area (Å²) in [5, 5.41) is 10.3. The number of hydrogen-bond acceptors (Lipinski definition) is 5. The molecular formula is C31H36N2O6. The molecular weight excluding hydrogens is 496 g/mol. The van der Waals surface area contributed by atoms with Crippen LogP contribution in [0.25, 0.3) is 17.1 Å². The number of methoxy groups -OCH3 is 2. The molecule has 1 aromatic heterocycles. The molecule has 0 unspecified atom stereocenters. The van der Waals surface area contributed by atoms with Crippen LogP contribution in [0.15, 0.2) is 54.3 Å². The number of carboxylic acid groups (broad SMARTS) is 1. The van der Waals surface area contributed by atoms with Crippen LogP contribution < -0.4 is 10.6 Å². The topological polar surface area (TPSA) is 109 Å². The van der Waals surface area contributed by atoms with Gasteiger partial charge in [0.05, 0.1) is 24.8 Å². The second kappa shape index (κ2) is 15.7. The number of carbonyl (C=O) groups excluding carboxylic acids is 2. The Labute approximate surface area is 229 Å². The number of amides is 1. The molecule has 0 bridgehead atoms. The number of carbonyl (C=O) groups is 3. The second-order valence-corrected chi connectivity index (χ2v) is 8.69. The van der Waals surface area contributed by atoms with Crippen molar-refractivity contribution >= 4 is 35.3 Å². The molecule has 0 atom stereocenters. The highest BCUT2D eigenvalue weighted by atomic mass is 16.5. The zero-order valence-corrected chi connectivity index (χ0v) is 23.2. The molecule has 2 N–H and O–H groups in total. The summed E-state index contributed by atoms with van der Waals surface area (Å²) in [5.41, 5.74) is 3.42. The van der Waals surface area contributed by atoms with Crippen LogP contribution in [-0.2, 0) is 19.1 Å². The fourth-order valence-electron chi connectivity index (χ4n) is 4.05. The van der Waals surface area contributed by atoms with E-state index in [4.69, 9.17) is 14.6 Å². The molecule has 1 aliphatic heterocycles. The van der Waals surface area contributed by atoms with Crippen LogP contribution in [0.5, 0.6) is 0 Å². The van der Waals surface area contributed by atoms with Gasteiger partial charge < -0.3 is 24.5 Å². The molecule has 0 aliphatic carbocycles. The lowest BCUT2D eigenvalue weighted by atomic mass is 9.93. The Morgan fingerprint density at radius 1 is 1.08 bits per heavy atom. The molecule has 1 amide bonds. The van der Waals surface area contributed by atoms with Crippen molar-refractivity contribution in [2.24, 2.45) is 0 Å². The third-order valence-electron chi connectivity index (χ3n) is 6.15. The lowest BCUT2D eigenvalue weighted by Gasteiger charge is -2.25. The van der Waals surface area contributed by atoms with Crippen LogP contribution in [0.4, 0.5) is 0 Å². The summed E-state index contributed by atoms with van der Waals surface area (Å²) in [7, 11) is 3.19. The number of carboxylic acids is 1. The van der Waals surface area contributed by atoms with Crippen molar-refractivity contribution in [3.63, 3.8) is 0 Å². The average molecular weight is 533 g/mol. The predicted molar refractivity (Wildman–Crippen MR) is 152 cm³/mol. The van der Waals surface area contributed by atoms with Crippen LogP contribution in [0, 0.1) is 11.8 Å². The van der Waals surface area contributed by atoms with Gasteiger partial charge in [0, 0.05) is 36.3 Å². The maximum Gasteiger partial charge on any atom is 0.382 e. The minimum atomic E-state index is -1.13. The zero-order valence-electron chi connectivity index (χ0n) is 23.2. The van der Waals surface area contributed by atoms with Gasteiger partial charge in [0.15, 0.2) is 5.78 Å². The summed E-state index contributed by atoms with van der Waals surface area (Å²) in [5.74, 6) is 5.17. The number of aromatic amines is 1. The molecule has 0 spiro atoms. The largest absolute Gasteiger partial charge is 0.499 e. The SMILES string of the molecule is CC/C=C/C(OC)=c1/c(C(C)=O)c[nH]/c1=C(/C)OC.O=CN1CCC(=C(C#CC(=O)O)c2ccccc2)CC1. The van der Waals surface area contributed by atoms with Crippen LogP contribution >= 0.6 is 0 Å². The fraction of sp³-hybridized carbons (Fsp3) is 0.323. The summed E-state index contributed by atoms with van der Waals surface area (Å²) in [6.45, 7) is 6.74. The Bertz CT molecular complexity index is 1390. The quantitative estimate of drug-likeness (QED) is 0.321. The Morgan fingerprint density at radius 3 is 2.26 bits per heavy atom. The van der Waals surface area contributed by atoms with Gasteiger partial charge in [0.2, 0.25) is 6.41 Å². The van der Waals surface area contributed by atoms with Gasteiger partial charge in [-0.15, -0.1) is 0 Å². The first-order valence-electron chi connectivity index (χ1n) is 12.7. The van der Waals surface area contributed by atoms with Gasteiger partial charge in [-0.3, -0.25) is 9.59 Å². The van der Waals surface area contributed by atoms with Crippen molar-refractivity contribution in [3.8, 4) is 11.8 Å². The fourth-order valence-corrected chi connectivity index (χ4v) is 4.05. The summed E-state index contributed by atoms with van der Waals surface area (Å²) in [6, 6.07) is 9.55. The highest BCUT2D eigenvalue weighted by Crippen LogP contribution is 2.25. The number of ether oxygens (including phenoxy) is 2. The third kappa shape index (κ3) is 8.78. The molecule has 1 saturated heterocycles. The van der Waals surface area contributed by atoms with E-state index < -0.39 is 5.97 Å². The van der Waals surface area contributed by atoms with Gasteiger partial charge in [-0.1, -0.05) is 54.8 Å². The molecule has 0 saturated carbocycles. The van der Waals surface area contributed by atoms with Gasteiger partial charge in [0.1, 0.15) is 11.5 Å². The van der Waals surface area contributed by atoms with E-state index in [2.05, 4.69) is 16.8 Å². The number of nitrogens with one attached hydrogen (secondary N) is 1. The van der Waals surface area contributed by atoms with Gasteiger partial charge >= 0.3 is 5.97 Å². The van der Waals surface area contributed by atoms with Crippen LogP contribution in [-0.4, -0.2) is 60.5 Å². The number of H-pyrrole nitrogens is 1. The molecule has 3 rings (SSSR count). The molecule has 2 heterocycles. The number of aliphatic carboxylic acids is 1. The van der Waals surface area contributed by atoms with Gasteiger partial charge in [-0.2, -0.15) is 0 Å². The van der Waals surface area contributed by atoms with Crippen molar-refractivity contribution in [3.05, 3.63) is 75.9 Å². The van der Waals surface area contributed by atoms with E-state index in [-0.39, 0.29) is 5.78 Å². The second-order valence-electron chi connectivity index (χ2n) is 8.69. The Balaban J connectivity index is 0.000000274. The lowest BCUT2D eigenvalue weighted by Crippen LogP contribution is -2.31. The summed E-state index contributed by atoms with van der Waals surface area (Å²) in [4.78, 5) is 37.9. The van der Waals surface area contributed by atoms with Crippen molar-refractivity contribution < 1.29 is 29.0 Å². The van der Waals surface area contributed by atoms with Crippen molar-refractivity contribution in [2.75, 3.05) is 27.3 Å². The van der Waals surface area contributed by atoms with Gasteiger partial charge in [-0.25, -0.2) is 4.79 Å². The summed E-state index contributed by atoms with van der Waals surface area (Å²) in [6.07, 6.45) is 8.77. The Hall–Kier alpha value is -4.51. The van der Waals surface area contributed by atoms with E-state index in [1.807, 2.05) is 56.3 Å². The monoisotopic (exact) mass is 532 g/mol. The third-order valence-corrected chi connectivity index (χ3v) is 6.15. The molecule has 0 radical (unpaired) electrons. The summed E-state index contributed by atoms with van der Waals surface area (Å²) >= 11 is 0. The Kier molecular flexibility index (Phi) is 12.3. The first kappa shape index (κ1) is 30.7.